The van der Waals surface area contributed by atoms with Crippen LogP contribution in [0.15, 0.2) is 42.7 Å². The molecule has 0 saturated heterocycles. The predicted octanol–water partition coefficient (Wildman–Crippen LogP) is 1.71. The Morgan fingerprint density at radius 2 is 2.10 bits per heavy atom. The SMILES string of the molecule is [CH2-]CCCC([C-]=CC(=[N-])c1ccnc(C(F)(F)F)c1)Nc1ccc(OC)cn1.[Li+]. The molecule has 2 aromatic heterocycles. The summed E-state index contributed by atoms with van der Waals surface area (Å²) in [5.74, 6) is 1.20. The van der Waals surface area contributed by atoms with Gasteiger partial charge in [0, 0.05) is 6.20 Å². The minimum atomic E-state index is -4.58. The molecule has 0 aliphatic rings. The third kappa shape index (κ3) is 7.92. The average molecular weight is 396 g/mol. The summed E-state index contributed by atoms with van der Waals surface area (Å²) in [5, 5.41) is 13.3. The molecule has 0 aliphatic heterocycles. The van der Waals surface area contributed by atoms with Crippen molar-refractivity contribution in [3.63, 3.8) is 0 Å². The van der Waals surface area contributed by atoms with Crippen molar-refractivity contribution in [3.05, 3.63) is 72.4 Å². The molecule has 0 fully saturated rings. The van der Waals surface area contributed by atoms with Crippen LogP contribution >= 0.6 is 0 Å². The third-order valence-corrected chi connectivity index (χ3v) is 3.80. The van der Waals surface area contributed by atoms with E-state index in [2.05, 4.69) is 28.3 Å². The van der Waals surface area contributed by atoms with Crippen LogP contribution in [0.5, 0.6) is 5.75 Å². The Hall–Kier alpha value is -2.30. The monoisotopic (exact) mass is 396 g/mol. The van der Waals surface area contributed by atoms with Crippen molar-refractivity contribution in [1.29, 1.82) is 0 Å². The number of nitrogens with zero attached hydrogens (tertiary/aromatic N) is 3. The zero-order valence-corrected chi connectivity index (χ0v) is 16.3. The Bertz CT molecular complexity index is 810. The summed E-state index contributed by atoms with van der Waals surface area (Å²) in [6.07, 6.45) is 4.36. The second kappa shape index (κ2) is 11.6. The Morgan fingerprint density at radius 1 is 1.34 bits per heavy atom. The van der Waals surface area contributed by atoms with Crippen LogP contribution in [0.3, 0.4) is 0 Å². The zero-order valence-electron chi connectivity index (χ0n) is 16.3. The summed E-state index contributed by atoms with van der Waals surface area (Å²) in [6.45, 7) is 3.80. The number of ether oxygens (including phenoxy) is 1. The number of rotatable bonds is 9. The van der Waals surface area contributed by atoms with E-state index in [4.69, 9.17) is 4.74 Å². The molecule has 0 aliphatic carbocycles. The molecule has 1 unspecified atom stereocenters. The summed E-state index contributed by atoms with van der Waals surface area (Å²) in [6, 6.07) is 5.26. The third-order valence-electron chi connectivity index (χ3n) is 3.80. The maximum Gasteiger partial charge on any atom is 1.00 e. The van der Waals surface area contributed by atoms with Crippen LogP contribution in [0.1, 0.15) is 30.5 Å². The molecule has 29 heavy (non-hydrogen) atoms. The van der Waals surface area contributed by atoms with E-state index in [0.717, 1.165) is 18.7 Å². The second-order valence-electron chi connectivity index (χ2n) is 5.90. The molecular weight excluding hydrogens is 376 g/mol. The van der Waals surface area contributed by atoms with E-state index in [-0.39, 0.29) is 36.2 Å². The molecule has 2 rings (SSSR count). The zero-order chi connectivity index (χ0) is 20.6. The van der Waals surface area contributed by atoms with Crippen LogP contribution in [0.25, 0.3) is 5.41 Å². The van der Waals surface area contributed by atoms with Crippen molar-refractivity contribution >= 4 is 11.5 Å². The topological polar surface area (TPSA) is 69.3 Å². The van der Waals surface area contributed by atoms with Crippen LogP contribution in [0, 0.1) is 13.0 Å². The van der Waals surface area contributed by atoms with Gasteiger partial charge in [0.2, 0.25) is 0 Å². The number of hydrogen-bond acceptors (Lipinski definition) is 4. The molecule has 0 saturated carbocycles. The Kier molecular flexibility index (Phi) is 9.93. The summed E-state index contributed by atoms with van der Waals surface area (Å²) >= 11 is 0. The number of alkyl halides is 3. The molecule has 2 aromatic rings. The Morgan fingerprint density at radius 3 is 2.69 bits per heavy atom. The quantitative estimate of drug-likeness (QED) is 0.398. The first kappa shape index (κ1) is 24.7. The van der Waals surface area contributed by atoms with Crippen molar-refractivity contribution in [2.75, 3.05) is 12.4 Å². The maximum atomic E-state index is 12.8. The summed E-state index contributed by atoms with van der Waals surface area (Å²) in [4.78, 5) is 7.49. The molecule has 2 heterocycles. The number of nitrogens with one attached hydrogen (secondary N) is 1. The van der Waals surface area contributed by atoms with Gasteiger partial charge >= 0.3 is 25.0 Å². The van der Waals surface area contributed by atoms with Gasteiger partial charge < -0.3 is 28.1 Å². The smallest absolute Gasteiger partial charge is 0.904 e. The van der Waals surface area contributed by atoms with Gasteiger partial charge in [-0.1, -0.05) is 12.5 Å². The first-order valence-electron chi connectivity index (χ1n) is 8.58. The van der Waals surface area contributed by atoms with Gasteiger partial charge in [0.05, 0.1) is 13.3 Å². The van der Waals surface area contributed by atoms with Gasteiger partial charge in [-0.25, -0.2) is 4.98 Å². The Balaban J connectivity index is 0.00000420. The average Bonchev–Trinajstić information content (AvgIpc) is 2.69. The van der Waals surface area contributed by atoms with E-state index in [0.29, 0.717) is 24.4 Å². The normalized spacial score (nSPS) is 12.3. The van der Waals surface area contributed by atoms with Gasteiger partial charge in [0.25, 0.3) is 0 Å². The van der Waals surface area contributed by atoms with E-state index >= 15 is 0 Å². The maximum absolute atomic E-state index is 12.8. The molecule has 0 amide bonds. The van der Waals surface area contributed by atoms with E-state index in [9.17, 15) is 18.6 Å². The van der Waals surface area contributed by atoms with Gasteiger partial charge in [0.1, 0.15) is 17.3 Å². The van der Waals surface area contributed by atoms with Crippen molar-refractivity contribution < 1.29 is 36.8 Å². The molecule has 0 aromatic carbocycles. The molecule has 1 N–H and O–H groups in total. The van der Waals surface area contributed by atoms with Gasteiger partial charge in [-0.15, -0.1) is 5.56 Å². The van der Waals surface area contributed by atoms with Crippen LogP contribution in [0.2, 0.25) is 0 Å². The number of allylic oxidation sites excluding steroid dienone is 1. The fourth-order valence-electron chi connectivity index (χ4n) is 2.32. The number of aromatic nitrogens is 2. The molecule has 0 bridgehead atoms. The van der Waals surface area contributed by atoms with E-state index in [1.54, 1.807) is 25.4 Å². The number of halogens is 3. The molecule has 150 valence electrons. The molecular formula is C20H20F3LiN4O-2. The van der Waals surface area contributed by atoms with Crippen molar-refractivity contribution in [1.82, 2.24) is 9.97 Å². The Labute approximate surface area is 180 Å². The minimum Gasteiger partial charge on any atom is -0.904 e. The summed E-state index contributed by atoms with van der Waals surface area (Å²) < 4.78 is 43.4. The number of pyridine rings is 2. The molecule has 0 spiro atoms. The molecule has 1 atom stereocenters. The number of unbranched alkanes of at least 4 members (excludes halogenated alkanes) is 1. The van der Waals surface area contributed by atoms with Gasteiger partial charge in [-0.05, 0) is 30.7 Å². The fraction of sp³-hybridized carbons (Fsp3) is 0.300. The summed E-state index contributed by atoms with van der Waals surface area (Å²) in [5.41, 5.74) is -1.40. The minimum absolute atomic E-state index is 0. The van der Waals surface area contributed by atoms with E-state index in [1.165, 1.54) is 12.1 Å². The molecule has 5 nitrogen and oxygen atoms in total. The first-order chi connectivity index (χ1) is 13.3. The van der Waals surface area contributed by atoms with Crippen LogP contribution in [-0.4, -0.2) is 28.8 Å². The first-order valence-corrected chi connectivity index (χ1v) is 8.58. The molecule has 9 heteroatoms. The second-order valence-corrected chi connectivity index (χ2v) is 5.90. The van der Waals surface area contributed by atoms with Crippen molar-refractivity contribution in [2.45, 2.75) is 31.5 Å². The van der Waals surface area contributed by atoms with Crippen molar-refractivity contribution in [2.24, 2.45) is 0 Å². The summed E-state index contributed by atoms with van der Waals surface area (Å²) in [7, 11) is 1.54. The molecule has 0 radical (unpaired) electrons. The van der Waals surface area contributed by atoms with Gasteiger partial charge in [0.15, 0.2) is 0 Å². The largest absolute Gasteiger partial charge is 1.00 e. The van der Waals surface area contributed by atoms with Crippen molar-refractivity contribution in [3.8, 4) is 5.75 Å². The van der Waals surface area contributed by atoms with E-state index in [1.807, 2.05) is 0 Å². The van der Waals surface area contributed by atoms with Gasteiger partial charge in [-0.2, -0.15) is 19.6 Å². The number of anilines is 1. The van der Waals surface area contributed by atoms with Crippen LogP contribution < -0.4 is 28.9 Å². The number of methoxy groups -OCH3 is 1. The van der Waals surface area contributed by atoms with Crippen LogP contribution in [-0.2, 0) is 6.18 Å². The predicted molar refractivity (Wildman–Crippen MR) is 102 cm³/mol. The van der Waals surface area contributed by atoms with E-state index < -0.39 is 11.9 Å². The van der Waals surface area contributed by atoms with Crippen LogP contribution in [0.4, 0.5) is 19.0 Å². The standard InChI is InChI=1S/C20H20F3N4O.Li/c1-3-4-5-15(27-19-9-7-16(28-2)13-26-19)6-8-17(24)14-10-11-25-18(12-14)20(21,22)23;/h7-13,15H,1,3-5H2,2H3,(H,26,27);/q-3;+1. The number of hydrogen-bond donors (Lipinski definition) is 1. The van der Waals surface area contributed by atoms with Gasteiger partial charge in [-0.3, -0.25) is 17.1 Å². The fourth-order valence-corrected chi connectivity index (χ4v) is 2.32.